The molecular weight excluding hydrogens is 354 g/mol. The van der Waals surface area contributed by atoms with Crippen molar-refractivity contribution in [2.75, 3.05) is 11.9 Å². The predicted molar refractivity (Wildman–Crippen MR) is 110 cm³/mol. The Morgan fingerprint density at radius 2 is 1.86 bits per heavy atom. The lowest BCUT2D eigenvalue weighted by Gasteiger charge is -2.10. The number of hydrogen-bond donors (Lipinski definition) is 2. The van der Waals surface area contributed by atoms with Gasteiger partial charge in [0.25, 0.3) is 0 Å². The van der Waals surface area contributed by atoms with Crippen molar-refractivity contribution in [1.82, 2.24) is 10.3 Å². The molecule has 0 aliphatic heterocycles. The minimum absolute atomic E-state index is 0.279. The van der Waals surface area contributed by atoms with Gasteiger partial charge in [0.1, 0.15) is 17.2 Å². The fourth-order valence-corrected chi connectivity index (χ4v) is 2.78. The third-order valence-electron chi connectivity index (χ3n) is 4.36. The zero-order valence-electron chi connectivity index (χ0n) is 16.6. The third-order valence-corrected chi connectivity index (χ3v) is 4.36. The number of ether oxygens (including phenoxy) is 1. The van der Waals surface area contributed by atoms with Crippen LogP contribution in [0.4, 0.5) is 10.5 Å². The number of urea groups is 1. The number of nitrogens with one attached hydrogen (secondary N) is 2. The Hall–Kier alpha value is -3.28. The Morgan fingerprint density at radius 3 is 2.57 bits per heavy atom. The van der Waals surface area contributed by atoms with E-state index in [1.54, 1.807) is 0 Å². The molecule has 2 N–H and O–H groups in total. The number of anilines is 1. The molecule has 2 amide bonds. The Bertz CT molecular complexity index is 962. The first-order valence-corrected chi connectivity index (χ1v) is 9.28. The Morgan fingerprint density at radius 1 is 1.11 bits per heavy atom. The maximum absolute atomic E-state index is 12.2. The normalized spacial score (nSPS) is 10.6. The standard InChI is InChI=1S/C22H25N3O3/c1-5-27-18-10-8-17(9-11-18)21-24-20(16(4)28-21)13-23-22(26)25-19-12-14(2)6-7-15(19)3/h6-12H,5,13H2,1-4H3,(H2,23,25,26). The maximum atomic E-state index is 12.2. The molecule has 2 aromatic carbocycles. The van der Waals surface area contributed by atoms with E-state index < -0.39 is 0 Å². The van der Waals surface area contributed by atoms with Gasteiger partial charge in [-0.25, -0.2) is 9.78 Å². The second-order valence-corrected chi connectivity index (χ2v) is 6.61. The lowest BCUT2D eigenvalue weighted by atomic mass is 10.1. The largest absolute Gasteiger partial charge is 0.494 e. The second-order valence-electron chi connectivity index (χ2n) is 6.61. The first-order chi connectivity index (χ1) is 13.5. The lowest BCUT2D eigenvalue weighted by molar-refractivity contribution is 0.251. The summed E-state index contributed by atoms with van der Waals surface area (Å²) < 4.78 is 11.2. The van der Waals surface area contributed by atoms with Crippen LogP contribution < -0.4 is 15.4 Å². The van der Waals surface area contributed by atoms with Crippen molar-refractivity contribution in [3.05, 3.63) is 65.0 Å². The van der Waals surface area contributed by atoms with E-state index in [2.05, 4.69) is 15.6 Å². The molecule has 0 aliphatic carbocycles. The molecule has 0 saturated heterocycles. The van der Waals surface area contributed by atoms with Crippen molar-refractivity contribution in [1.29, 1.82) is 0 Å². The molecule has 1 aromatic heterocycles. The summed E-state index contributed by atoms with van der Waals surface area (Å²) in [5, 5.41) is 5.71. The number of amides is 2. The van der Waals surface area contributed by atoms with Crippen molar-refractivity contribution < 1.29 is 13.9 Å². The lowest BCUT2D eigenvalue weighted by Crippen LogP contribution is -2.28. The predicted octanol–water partition coefficient (Wildman–Crippen LogP) is 4.99. The number of benzene rings is 2. The topological polar surface area (TPSA) is 76.4 Å². The Labute approximate surface area is 164 Å². The number of aromatic nitrogens is 1. The van der Waals surface area contributed by atoms with E-state index >= 15 is 0 Å². The summed E-state index contributed by atoms with van der Waals surface area (Å²) in [5.74, 6) is 2.00. The molecule has 0 saturated carbocycles. The van der Waals surface area contributed by atoms with Crippen LogP contribution in [0.2, 0.25) is 0 Å². The number of oxazole rings is 1. The average molecular weight is 379 g/mol. The number of carbonyl (C=O) groups excluding carboxylic acids is 1. The van der Waals surface area contributed by atoms with Gasteiger partial charge in [0.05, 0.1) is 13.2 Å². The Balaban J connectivity index is 1.63. The number of hydrogen-bond acceptors (Lipinski definition) is 4. The van der Waals surface area contributed by atoms with Gasteiger partial charge in [-0.2, -0.15) is 0 Å². The summed E-state index contributed by atoms with van der Waals surface area (Å²) >= 11 is 0. The SMILES string of the molecule is CCOc1ccc(-c2nc(CNC(=O)Nc3cc(C)ccc3C)c(C)o2)cc1. The average Bonchev–Trinajstić information content (AvgIpc) is 3.05. The van der Waals surface area contributed by atoms with Gasteiger partial charge >= 0.3 is 6.03 Å². The van der Waals surface area contributed by atoms with Gasteiger partial charge in [0, 0.05) is 11.3 Å². The zero-order chi connectivity index (χ0) is 20.1. The van der Waals surface area contributed by atoms with Gasteiger partial charge in [-0.05, 0) is 69.2 Å². The van der Waals surface area contributed by atoms with E-state index in [1.165, 1.54) is 0 Å². The molecule has 1 heterocycles. The van der Waals surface area contributed by atoms with Crippen LogP contribution in [0.3, 0.4) is 0 Å². The van der Waals surface area contributed by atoms with Crippen molar-refractivity contribution >= 4 is 11.7 Å². The van der Waals surface area contributed by atoms with Crippen molar-refractivity contribution in [2.45, 2.75) is 34.2 Å². The molecule has 0 unspecified atom stereocenters. The van der Waals surface area contributed by atoms with E-state index in [0.717, 1.165) is 28.1 Å². The molecule has 146 valence electrons. The summed E-state index contributed by atoms with van der Waals surface area (Å²) in [6.45, 7) is 8.63. The van der Waals surface area contributed by atoms with Crippen LogP contribution >= 0.6 is 0 Å². The van der Waals surface area contributed by atoms with Gasteiger partial charge in [-0.1, -0.05) is 12.1 Å². The first-order valence-electron chi connectivity index (χ1n) is 9.28. The van der Waals surface area contributed by atoms with Crippen LogP contribution in [0.25, 0.3) is 11.5 Å². The first kappa shape index (κ1) is 19.5. The molecule has 0 atom stereocenters. The molecule has 6 nitrogen and oxygen atoms in total. The molecule has 0 fully saturated rings. The van der Waals surface area contributed by atoms with Crippen molar-refractivity contribution in [3.8, 4) is 17.2 Å². The second kappa shape index (κ2) is 8.61. The van der Waals surface area contributed by atoms with Crippen LogP contribution in [0, 0.1) is 20.8 Å². The van der Waals surface area contributed by atoms with E-state index in [-0.39, 0.29) is 12.6 Å². The van der Waals surface area contributed by atoms with Gasteiger partial charge in [-0.3, -0.25) is 0 Å². The van der Waals surface area contributed by atoms with Crippen LogP contribution in [0.1, 0.15) is 29.5 Å². The van der Waals surface area contributed by atoms with Crippen LogP contribution in [-0.4, -0.2) is 17.6 Å². The van der Waals surface area contributed by atoms with E-state index in [4.69, 9.17) is 9.15 Å². The molecule has 3 rings (SSSR count). The highest BCUT2D eigenvalue weighted by Gasteiger charge is 2.13. The van der Waals surface area contributed by atoms with Gasteiger partial charge in [0.15, 0.2) is 0 Å². The van der Waals surface area contributed by atoms with E-state index in [1.807, 2.05) is 70.2 Å². The minimum atomic E-state index is -0.279. The Kier molecular flexibility index (Phi) is 5.99. The smallest absolute Gasteiger partial charge is 0.319 e. The van der Waals surface area contributed by atoms with Gasteiger partial charge in [-0.15, -0.1) is 0 Å². The zero-order valence-corrected chi connectivity index (χ0v) is 16.6. The van der Waals surface area contributed by atoms with E-state index in [9.17, 15) is 4.79 Å². The molecular formula is C22H25N3O3. The number of nitrogens with zero attached hydrogens (tertiary/aromatic N) is 1. The van der Waals surface area contributed by atoms with Gasteiger partial charge in [0.2, 0.25) is 5.89 Å². The molecule has 0 spiro atoms. The summed E-state index contributed by atoms with van der Waals surface area (Å²) in [7, 11) is 0. The number of rotatable bonds is 6. The van der Waals surface area contributed by atoms with Crippen LogP contribution in [0.15, 0.2) is 46.9 Å². The number of aryl methyl sites for hydroxylation is 3. The molecule has 28 heavy (non-hydrogen) atoms. The monoisotopic (exact) mass is 379 g/mol. The number of carbonyl (C=O) groups is 1. The quantitative estimate of drug-likeness (QED) is 0.633. The highest BCUT2D eigenvalue weighted by atomic mass is 16.5. The fraction of sp³-hybridized carbons (Fsp3) is 0.273. The van der Waals surface area contributed by atoms with Crippen molar-refractivity contribution in [3.63, 3.8) is 0 Å². The van der Waals surface area contributed by atoms with Crippen LogP contribution in [-0.2, 0) is 6.54 Å². The molecule has 0 aliphatic rings. The third kappa shape index (κ3) is 4.71. The van der Waals surface area contributed by atoms with Crippen LogP contribution in [0.5, 0.6) is 5.75 Å². The molecule has 3 aromatic rings. The molecule has 0 bridgehead atoms. The van der Waals surface area contributed by atoms with Crippen molar-refractivity contribution in [2.24, 2.45) is 0 Å². The highest BCUT2D eigenvalue weighted by molar-refractivity contribution is 5.90. The summed E-state index contributed by atoms with van der Waals surface area (Å²) in [4.78, 5) is 16.8. The summed E-state index contributed by atoms with van der Waals surface area (Å²) in [5.41, 5.74) is 4.45. The van der Waals surface area contributed by atoms with Gasteiger partial charge < -0.3 is 19.8 Å². The summed E-state index contributed by atoms with van der Waals surface area (Å²) in [6.07, 6.45) is 0. The maximum Gasteiger partial charge on any atom is 0.319 e. The van der Waals surface area contributed by atoms with E-state index in [0.29, 0.717) is 24.0 Å². The highest BCUT2D eigenvalue weighted by Crippen LogP contribution is 2.24. The summed E-state index contributed by atoms with van der Waals surface area (Å²) in [6, 6.07) is 13.2. The fourth-order valence-electron chi connectivity index (χ4n) is 2.78. The minimum Gasteiger partial charge on any atom is -0.494 e. The molecule has 0 radical (unpaired) electrons. The molecule has 6 heteroatoms.